The molecule has 0 saturated heterocycles. The van der Waals surface area contributed by atoms with Crippen LogP contribution in [-0.4, -0.2) is 17.6 Å². The van der Waals surface area contributed by atoms with Gasteiger partial charge in [0.15, 0.2) is 0 Å². The molecule has 5 heteroatoms. The van der Waals surface area contributed by atoms with Gasteiger partial charge in [-0.1, -0.05) is 160 Å². The molecular weight excluding hydrogens is 855 g/mol. The first-order valence-electron chi connectivity index (χ1n) is 21.4. The van der Waals surface area contributed by atoms with Crippen LogP contribution in [0.1, 0.15) is 136 Å². The van der Waals surface area contributed by atoms with E-state index in [1.165, 1.54) is 90.9 Å². The molecule has 0 unspecified atom stereocenters. The molecule has 0 N–H and O–H groups in total. The second-order valence-corrected chi connectivity index (χ2v) is 29.0. The average molecular weight is 927 g/mol. The monoisotopic (exact) mass is 924 g/mol. The van der Waals surface area contributed by atoms with Crippen molar-refractivity contribution in [3.8, 4) is 22.3 Å². The van der Waals surface area contributed by atoms with Crippen LogP contribution in [-0.2, 0) is 45.3 Å². The third-order valence-corrected chi connectivity index (χ3v) is 10.7. The van der Waals surface area contributed by atoms with E-state index in [9.17, 15) is 0 Å². The van der Waals surface area contributed by atoms with Gasteiger partial charge in [-0.3, -0.25) is 0 Å². The molecule has 6 rings (SSSR count). The van der Waals surface area contributed by atoms with Crippen molar-refractivity contribution in [2.45, 2.75) is 151 Å². The van der Waals surface area contributed by atoms with E-state index in [1.54, 1.807) is 23.3 Å². The molecule has 0 fully saturated rings. The molecule has 0 spiro atoms. The number of rotatable bonds is 10. The first kappa shape index (κ1) is 52.9. The van der Waals surface area contributed by atoms with E-state index in [4.69, 9.17) is 4.74 Å². The molecule has 0 radical (unpaired) electrons. The molecule has 0 aliphatic heterocycles. The fraction of sp³-hybridized carbons (Fsp3) is 0.444. The van der Waals surface area contributed by atoms with Gasteiger partial charge in [0.1, 0.15) is 0 Å². The van der Waals surface area contributed by atoms with Crippen LogP contribution >= 0.6 is 0 Å². The smallest absolute Gasteiger partial charge is 0.0598 e. The van der Waals surface area contributed by atoms with Crippen LogP contribution in [0, 0.1) is 6.92 Å². The fourth-order valence-electron chi connectivity index (χ4n) is 7.39. The SMILES string of the molecule is CC(C)c1cc2c(-c3ccc(C(C)(C)C)cc3)cccc2[cH-]1.C[Si](C)=[Zr+2].Cc1[cH-]c2cccc(-c3ccc(C(C)(C)C)cc3)c2c1CCCCCCOC(C)(C)C.[Cl-].[Cl-]. The maximum absolute atomic E-state index is 5.85. The van der Waals surface area contributed by atoms with E-state index in [1.807, 2.05) is 0 Å². The van der Waals surface area contributed by atoms with E-state index in [-0.39, 0.29) is 46.7 Å². The summed E-state index contributed by atoms with van der Waals surface area (Å²) in [6.07, 6.45) is 6.07. The predicted molar refractivity (Wildman–Crippen MR) is 252 cm³/mol. The molecule has 0 saturated carbocycles. The minimum absolute atomic E-state index is 0. The molecule has 1 nitrogen and oxygen atoms in total. The molecule has 0 atom stereocenters. The number of hydrogen-bond acceptors (Lipinski definition) is 1. The summed E-state index contributed by atoms with van der Waals surface area (Å²) in [5.41, 5.74) is 13.1. The van der Waals surface area contributed by atoms with Gasteiger partial charge in [-0.2, -0.15) is 6.07 Å². The molecule has 0 aliphatic rings. The zero-order valence-electron chi connectivity index (χ0n) is 38.8. The topological polar surface area (TPSA) is 9.23 Å². The first-order chi connectivity index (χ1) is 26.7. The minimum Gasteiger partial charge on any atom is -1.00 e. The minimum atomic E-state index is -0.0210. The molecule has 59 heavy (non-hydrogen) atoms. The summed E-state index contributed by atoms with van der Waals surface area (Å²) in [7, 11) is 0. The number of ether oxygens (including phenoxy) is 1. The standard InChI is InChI=1S/C30H41O.C22H25.C2H6Si.2ClH.Zr/c1-22-21-24-13-12-15-27(23-16-18-25(19-17-23)29(2,3)4)28(24)26(22)14-10-8-9-11-20-31-30(5,6)7;1-15(2)18-13-17-7-6-8-20(21(17)14-18)16-9-11-19(12-10-16)22(3,4)5;1-3-2;;;/h12-13,15-19,21H,8-11,14,20H2,1-7H3;6-15H,1-5H3;1-2H3;2*1H;/q2*-1;;;;+2/p-2. The summed E-state index contributed by atoms with van der Waals surface area (Å²) in [5.74, 6) is 0.573. The van der Waals surface area contributed by atoms with Crippen molar-refractivity contribution in [3.05, 3.63) is 131 Å². The van der Waals surface area contributed by atoms with E-state index >= 15 is 0 Å². The van der Waals surface area contributed by atoms with Crippen LogP contribution in [0.25, 0.3) is 43.8 Å². The summed E-state index contributed by atoms with van der Waals surface area (Å²) in [6.45, 7) is 32.3. The molecule has 0 heterocycles. The Balaban J connectivity index is 0.000000376. The third-order valence-electron chi connectivity index (χ3n) is 10.7. The van der Waals surface area contributed by atoms with Crippen LogP contribution in [0.3, 0.4) is 0 Å². The molecule has 0 aromatic heterocycles. The Morgan fingerprint density at radius 1 is 0.627 bits per heavy atom. The van der Waals surface area contributed by atoms with Crippen molar-refractivity contribution in [1.82, 2.24) is 0 Å². The summed E-state index contributed by atoms with van der Waals surface area (Å²) in [5, 5.41) is 5.55. The molecule has 0 bridgehead atoms. The Bertz CT molecular complexity index is 2180. The summed E-state index contributed by atoms with van der Waals surface area (Å²) < 4.78 is 5.85. The summed E-state index contributed by atoms with van der Waals surface area (Å²) in [6, 6.07) is 38.7. The Morgan fingerprint density at radius 3 is 1.59 bits per heavy atom. The third kappa shape index (κ3) is 15.9. The molecule has 6 aromatic carbocycles. The summed E-state index contributed by atoms with van der Waals surface area (Å²) >= 11 is 1.74. The van der Waals surface area contributed by atoms with Gasteiger partial charge in [-0.15, -0.1) is 74.6 Å². The molecule has 0 amide bonds. The van der Waals surface area contributed by atoms with Crippen LogP contribution in [0.4, 0.5) is 0 Å². The zero-order chi connectivity index (χ0) is 42.1. The quantitative estimate of drug-likeness (QED) is 0.0756. The van der Waals surface area contributed by atoms with Crippen molar-refractivity contribution in [1.29, 1.82) is 0 Å². The van der Waals surface area contributed by atoms with E-state index in [0.29, 0.717) is 5.92 Å². The van der Waals surface area contributed by atoms with Crippen molar-refractivity contribution < 1.29 is 52.9 Å². The van der Waals surface area contributed by atoms with E-state index < -0.39 is 0 Å². The first-order valence-corrected chi connectivity index (χ1v) is 27.6. The van der Waals surface area contributed by atoms with Gasteiger partial charge in [-0.05, 0) is 66.2 Å². The van der Waals surface area contributed by atoms with Gasteiger partial charge in [-0.25, -0.2) is 0 Å². The number of benzene rings is 4. The Hall–Kier alpha value is -2.26. The van der Waals surface area contributed by atoms with E-state index in [0.717, 1.165) is 19.4 Å². The Labute approximate surface area is 387 Å². The second-order valence-electron chi connectivity index (χ2n) is 19.6. The number of halogens is 2. The zero-order valence-corrected chi connectivity index (χ0v) is 43.8. The number of aryl methyl sites for hydroxylation is 2. The van der Waals surface area contributed by atoms with Gasteiger partial charge in [0.2, 0.25) is 0 Å². The van der Waals surface area contributed by atoms with Crippen molar-refractivity contribution >= 4 is 27.0 Å². The van der Waals surface area contributed by atoms with Crippen molar-refractivity contribution in [3.63, 3.8) is 0 Å². The van der Waals surface area contributed by atoms with Gasteiger partial charge in [0, 0.05) is 6.61 Å². The maximum atomic E-state index is 5.85. The largest absolute Gasteiger partial charge is 1.00 e. The van der Waals surface area contributed by atoms with Gasteiger partial charge in [0.25, 0.3) is 0 Å². The van der Waals surface area contributed by atoms with Crippen LogP contribution in [0.15, 0.2) is 103 Å². The normalized spacial score (nSPS) is 11.7. The average Bonchev–Trinajstić information content (AvgIpc) is 3.71. The number of unbranched alkanes of at least 4 members (excludes halogenated alkanes) is 3. The van der Waals surface area contributed by atoms with Crippen molar-refractivity contribution in [2.75, 3.05) is 6.61 Å². The molecule has 318 valence electrons. The predicted octanol–water partition coefficient (Wildman–Crippen LogP) is 10.2. The fourth-order valence-corrected chi connectivity index (χ4v) is 7.39. The van der Waals surface area contributed by atoms with E-state index in [2.05, 4.69) is 199 Å². The summed E-state index contributed by atoms with van der Waals surface area (Å²) in [4.78, 5) is 0. The van der Waals surface area contributed by atoms with Gasteiger partial charge < -0.3 is 29.6 Å². The van der Waals surface area contributed by atoms with Crippen LogP contribution in [0.2, 0.25) is 13.1 Å². The second kappa shape index (κ2) is 23.3. The number of hydrogen-bond donors (Lipinski definition) is 0. The molecule has 6 aromatic rings. The van der Waals surface area contributed by atoms with Crippen LogP contribution in [0.5, 0.6) is 0 Å². The Kier molecular flexibility index (Phi) is 20.8. The number of fused-ring (bicyclic) bond motifs is 2. The van der Waals surface area contributed by atoms with Crippen LogP contribution < -0.4 is 24.8 Å². The van der Waals surface area contributed by atoms with Crippen molar-refractivity contribution in [2.24, 2.45) is 0 Å². The molecular formula is C54H72Cl2OSiZr-2. The van der Waals surface area contributed by atoms with Gasteiger partial charge in [0.05, 0.1) is 5.60 Å². The van der Waals surface area contributed by atoms with Gasteiger partial charge >= 0.3 is 41.9 Å². The Morgan fingerprint density at radius 2 is 1.10 bits per heavy atom. The maximum Gasteiger partial charge on any atom is 0.0598 e. The molecule has 0 aliphatic carbocycles.